The molecule has 0 atom stereocenters. The lowest BCUT2D eigenvalue weighted by atomic mass is 9.49. The Morgan fingerprint density at radius 2 is 0.667 bits per heavy atom. The maximum absolute atomic E-state index is 3.65. The normalized spacial score (nSPS) is 18.6. The van der Waals surface area contributed by atoms with Gasteiger partial charge in [-0.05, 0) is 0 Å². The minimum Gasteiger partial charge on any atom is -0.364 e. The van der Waals surface area contributed by atoms with E-state index in [1.165, 1.54) is 0 Å². The third-order valence-corrected chi connectivity index (χ3v) is 7.02. The summed E-state index contributed by atoms with van der Waals surface area (Å²) in [5.41, 5.74) is 7.25. The molecule has 0 radical (unpaired) electrons. The fourth-order valence-electron chi connectivity index (χ4n) is 2.21. The van der Waals surface area contributed by atoms with E-state index in [9.17, 15) is 0 Å². The molecule has 0 aliphatic carbocycles. The van der Waals surface area contributed by atoms with Gasteiger partial charge in [0.05, 0.1) is 24.2 Å². The summed E-state index contributed by atoms with van der Waals surface area (Å²) in [5, 5.41) is 11.0. The summed E-state index contributed by atoms with van der Waals surface area (Å²) in [7, 11) is -3.56. The van der Waals surface area contributed by atoms with Crippen LogP contribution in [0.25, 0.3) is 0 Å². The predicted octanol–water partition coefficient (Wildman–Crippen LogP) is 3.15. The molecule has 3 N–H and O–H groups in total. The summed E-state index contributed by atoms with van der Waals surface area (Å²) in [6.45, 7) is 22.0. The first-order valence-corrected chi connectivity index (χ1v) is 19.8. The summed E-state index contributed by atoms with van der Waals surface area (Å²) in [4.78, 5) is 0. The van der Waals surface area contributed by atoms with Crippen molar-refractivity contribution in [2.75, 3.05) is 0 Å². The molecule has 0 unspecified atom stereocenters. The highest BCUT2D eigenvalue weighted by molar-refractivity contribution is 6.94. The van der Waals surface area contributed by atoms with Gasteiger partial charge < -0.3 is 15.4 Å². The van der Waals surface area contributed by atoms with Gasteiger partial charge in [-0.15, -0.1) is 17.1 Å². The minimum absolute atomic E-state index is 0.213. The molecule has 0 bridgehead atoms. The molecule has 1 saturated heterocycles. The Morgan fingerprint density at radius 1 is 0.458 bits per heavy atom. The molecule has 1 heterocycles. The van der Waals surface area contributed by atoms with E-state index in [1.807, 2.05) is 0 Å². The second-order valence-electron chi connectivity index (χ2n) is 10.1. The molecule has 0 saturated carbocycles. The van der Waals surface area contributed by atoms with Crippen molar-refractivity contribution in [1.29, 1.82) is 0 Å². The molecule has 132 valence electrons. The SMILES string of the molecule is C[Si](C)(C)/C=C/B1NB(/C=C/[Si](C)(C)C)NB(/C=C/[Si](C)(C)C)N1. The van der Waals surface area contributed by atoms with Gasteiger partial charge >= 0.3 is 20.9 Å². The van der Waals surface area contributed by atoms with Gasteiger partial charge in [-0.25, -0.2) is 0 Å². The van der Waals surface area contributed by atoms with Crippen molar-refractivity contribution in [3.8, 4) is 0 Å². The molecule has 0 aromatic rings. The van der Waals surface area contributed by atoms with Crippen LogP contribution in [0.1, 0.15) is 0 Å². The van der Waals surface area contributed by atoms with Gasteiger partial charge in [0, 0.05) is 0 Å². The number of hydrogen-bond acceptors (Lipinski definition) is 3. The molecule has 3 nitrogen and oxygen atoms in total. The third kappa shape index (κ3) is 10.7. The van der Waals surface area contributed by atoms with Gasteiger partial charge in [-0.1, -0.05) is 76.8 Å². The minimum atomic E-state index is -1.19. The summed E-state index contributed by atoms with van der Waals surface area (Å²) in [5.74, 6) is 6.95. The van der Waals surface area contributed by atoms with Crippen LogP contribution in [0.15, 0.2) is 35.0 Å². The molecule has 9 heteroatoms. The predicted molar refractivity (Wildman–Crippen MR) is 124 cm³/mol. The maximum Gasteiger partial charge on any atom is 0.312 e. The summed E-state index contributed by atoms with van der Waals surface area (Å²) < 4.78 is 0. The molecule has 0 aromatic carbocycles. The van der Waals surface area contributed by atoms with Crippen molar-refractivity contribution in [3.05, 3.63) is 35.0 Å². The second kappa shape index (κ2) is 8.55. The van der Waals surface area contributed by atoms with Crippen LogP contribution in [-0.2, 0) is 0 Å². The van der Waals surface area contributed by atoms with E-state index in [2.05, 4.69) is 109 Å². The van der Waals surface area contributed by atoms with E-state index in [4.69, 9.17) is 0 Å². The largest absolute Gasteiger partial charge is 0.364 e. The van der Waals surface area contributed by atoms with Gasteiger partial charge in [0.1, 0.15) is 0 Å². The smallest absolute Gasteiger partial charge is 0.312 e. The van der Waals surface area contributed by atoms with Gasteiger partial charge in [-0.2, -0.15) is 0 Å². The average molecular weight is 375 g/mol. The number of nitrogens with one attached hydrogen (secondary N) is 3. The number of rotatable bonds is 6. The van der Waals surface area contributed by atoms with Crippen LogP contribution in [0.2, 0.25) is 58.9 Å². The van der Waals surface area contributed by atoms with Crippen molar-refractivity contribution in [2.45, 2.75) is 58.9 Å². The molecule has 0 aromatic heterocycles. The highest BCUT2D eigenvalue weighted by Crippen LogP contribution is 2.06. The molecule has 24 heavy (non-hydrogen) atoms. The molecular formula is C15H36B3N3Si3. The van der Waals surface area contributed by atoms with Crippen LogP contribution in [0.3, 0.4) is 0 Å². The summed E-state index contributed by atoms with van der Waals surface area (Å²) >= 11 is 0. The first-order chi connectivity index (χ1) is 10.7. The zero-order chi connectivity index (χ0) is 18.6. The second-order valence-corrected chi connectivity index (χ2v) is 25.3. The molecule has 0 spiro atoms. The van der Waals surface area contributed by atoms with Crippen LogP contribution < -0.4 is 15.4 Å². The Bertz CT molecular complexity index is 414. The maximum atomic E-state index is 3.65. The Hall–Kier alpha value is -0.0545. The lowest BCUT2D eigenvalue weighted by Gasteiger charge is -2.30. The van der Waals surface area contributed by atoms with Gasteiger partial charge in [0.25, 0.3) is 0 Å². The van der Waals surface area contributed by atoms with Crippen LogP contribution in [0.4, 0.5) is 0 Å². The molecule has 1 fully saturated rings. The van der Waals surface area contributed by atoms with E-state index in [0.29, 0.717) is 0 Å². The molecular weight excluding hydrogens is 339 g/mol. The lowest BCUT2D eigenvalue weighted by molar-refractivity contribution is 1.19. The zero-order valence-electron chi connectivity index (χ0n) is 17.2. The van der Waals surface area contributed by atoms with Crippen LogP contribution in [0, 0.1) is 0 Å². The van der Waals surface area contributed by atoms with Crippen LogP contribution in [0.5, 0.6) is 0 Å². The van der Waals surface area contributed by atoms with Crippen molar-refractivity contribution in [2.24, 2.45) is 0 Å². The fraction of sp³-hybridized carbons (Fsp3) is 0.600. The third-order valence-electron chi connectivity index (χ3n) is 3.44. The molecule has 0 amide bonds. The lowest BCUT2D eigenvalue weighted by Crippen LogP contribution is -2.73. The molecule has 1 rings (SSSR count). The standard InChI is InChI=1S/C15H36B3N3Si3/c1-22(2,3)13-10-16-19-17(11-14-23(4,5)6)21-18(20-16)12-15-24(7,8)9/h10-15,19-21H,1-9H3/b13-10+,14-11+,15-12+. The zero-order valence-corrected chi connectivity index (χ0v) is 20.2. The quantitative estimate of drug-likeness (QED) is 0.625. The van der Waals surface area contributed by atoms with E-state index in [-0.39, 0.29) is 20.9 Å². The van der Waals surface area contributed by atoms with Crippen molar-refractivity contribution in [3.63, 3.8) is 0 Å². The Balaban J connectivity index is 2.88. The first kappa shape index (κ1) is 22.0. The monoisotopic (exact) mass is 375 g/mol. The highest BCUT2D eigenvalue weighted by atomic mass is 28.3. The van der Waals surface area contributed by atoms with Crippen molar-refractivity contribution < 1.29 is 0 Å². The average Bonchev–Trinajstić information content (AvgIpc) is 2.38. The molecule has 1 aliphatic heterocycles. The fourth-order valence-corrected chi connectivity index (χ4v) is 4.52. The number of hydrogen-bond donors (Lipinski definition) is 3. The first-order valence-electron chi connectivity index (χ1n) is 9.10. The summed E-state index contributed by atoms with van der Waals surface area (Å²) in [6.07, 6.45) is 0. The van der Waals surface area contributed by atoms with Gasteiger partial charge in [0.2, 0.25) is 0 Å². The molecule has 1 aliphatic rings. The topological polar surface area (TPSA) is 36.1 Å². The van der Waals surface area contributed by atoms with E-state index in [0.717, 1.165) is 0 Å². The van der Waals surface area contributed by atoms with E-state index in [1.54, 1.807) is 0 Å². The Kier molecular flexibility index (Phi) is 7.84. The van der Waals surface area contributed by atoms with Gasteiger partial charge in [-0.3, -0.25) is 0 Å². The Morgan fingerprint density at radius 3 is 0.833 bits per heavy atom. The van der Waals surface area contributed by atoms with Crippen LogP contribution >= 0.6 is 0 Å². The van der Waals surface area contributed by atoms with Crippen LogP contribution in [-0.4, -0.2) is 45.2 Å². The summed E-state index contributed by atoms with van der Waals surface area (Å²) in [6, 6.07) is 0. The van der Waals surface area contributed by atoms with E-state index < -0.39 is 24.2 Å². The van der Waals surface area contributed by atoms with Crippen molar-refractivity contribution in [1.82, 2.24) is 15.4 Å². The van der Waals surface area contributed by atoms with E-state index >= 15 is 0 Å². The Labute approximate surface area is 154 Å². The van der Waals surface area contributed by atoms with Crippen molar-refractivity contribution >= 4 is 45.2 Å². The highest BCUT2D eigenvalue weighted by Gasteiger charge is 2.32. The van der Waals surface area contributed by atoms with Gasteiger partial charge in [0.15, 0.2) is 0 Å².